The number of amides is 1. The lowest BCUT2D eigenvalue weighted by Crippen LogP contribution is -2.32. The van der Waals surface area contributed by atoms with Crippen LogP contribution >= 0.6 is 0 Å². The van der Waals surface area contributed by atoms with Crippen LogP contribution in [0.2, 0.25) is 0 Å². The number of ether oxygens (including phenoxy) is 1. The van der Waals surface area contributed by atoms with Crippen molar-refractivity contribution in [1.29, 1.82) is 0 Å². The van der Waals surface area contributed by atoms with Gasteiger partial charge < -0.3 is 15.0 Å². The standard InChI is InChI=1S/C13H17F3N2O2/c1-17-7-8-18(2)12(19)10-3-5-11(6-4-10)20-9-13(14,15)16/h3-6,17H,7-9H2,1-2H3. The van der Waals surface area contributed by atoms with Gasteiger partial charge in [0.25, 0.3) is 5.91 Å². The van der Waals surface area contributed by atoms with E-state index in [9.17, 15) is 18.0 Å². The van der Waals surface area contributed by atoms with Crippen LogP contribution in [0.25, 0.3) is 0 Å². The molecule has 1 N–H and O–H groups in total. The van der Waals surface area contributed by atoms with Gasteiger partial charge in [0.05, 0.1) is 0 Å². The van der Waals surface area contributed by atoms with Gasteiger partial charge in [-0.25, -0.2) is 0 Å². The topological polar surface area (TPSA) is 41.6 Å². The second-order valence-electron chi connectivity index (χ2n) is 4.26. The van der Waals surface area contributed by atoms with Crippen LogP contribution in [0, 0.1) is 0 Å². The van der Waals surface area contributed by atoms with Gasteiger partial charge in [0, 0.05) is 25.7 Å². The number of carbonyl (C=O) groups excluding carboxylic acids is 1. The molecule has 0 atom stereocenters. The number of hydrogen-bond donors (Lipinski definition) is 1. The number of carbonyl (C=O) groups is 1. The molecular formula is C13H17F3N2O2. The number of benzene rings is 1. The lowest BCUT2D eigenvalue weighted by atomic mass is 10.2. The number of rotatable bonds is 6. The molecule has 0 aromatic heterocycles. The van der Waals surface area contributed by atoms with Crippen molar-refractivity contribution in [2.24, 2.45) is 0 Å². The quantitative estimate of drug-likeness (QED) is 0.870. The van der Waals surface area contributed by atoms with E-state index in [0.29, 0.717) is 18.7 Å². The van der Waals surface area contributed by atoms with Crippen molar-refractivity contribution in [2.45, 2.75) is 6.18 Å². The molecule has 0 radical (unpaired) electrons. The zero-order valence-corrected chi connectivity index (χ0v) is 11.3. The summed E-state index contributed by atoms with van der Waals surface area (Å²) < 4.78 is 40.5. The van der Waals surface area contributed by atoms with Crippen LogP contribution in [0.5, 0.6) is 5.75 Å². The van der Waals surface area contributed by atoms with E-state index in [-0.39, 0.29) is 11.7 Å². The Morgan fingerprint density at radius 2 is 1.90 bits per heavy atom. The third-order valence-electron chi connectivity index (χ3n) is 2.55. The molecule has 7 heteroatoms. The van der Waals surface area contributed by atoms with Crippen LogP contribution in [0.15, 0.2) is 24.3 Å². The Kier molecular flexibility index (Phi) is 5.82. The third kappa shape index (κ3) is 5.48. The normalized spacial score (nSPS) is 11.2. The average molecular weight is 290 g/mol. The highest BCUT2D eigenvalue weighted by Crippen LogP contribution is 2.19. The summed E-state index contributed by atoms with van der Waals surface area (Å²) in [4.78, 5) is 13.5. The lowest BCUT2D eigenvalue weighted by Gasteiger charge is -2.17. The summed E-state index contributed by atoms with van der Waals surface area (Å²) in [6.07, 6.45) is -4.37. The van der Waals surface area contributed by atoms with E-state index in [0.717, 1.165) is 0 Å². The van der Waals surface area contributed by atoms with Crippen molar-refractivity contribution in [3.8, 4) is 5.75 Å². The highest BCUT2D eigenvalue weighted by molar-refractivity contribution is 5.94. The van der Waals surface area contributed by atoms with E-state index in [1.807, 2.05) is 0 Å². The van der Waals surface area contributed by atoms with Crippen molar-refractivity contribution in [3.63, 3.8) is 0 Å². The van der Waals surface area contributed by atoms with E-state index in [1.54, 1.807) is 14.1 Å². The summed E-state index contributed by atoms with van der Waals surface area (Å²) in [6, 6.07) is 5.60. The zero-order chi connectivity index (χ0) is 15.2. The molecule has 0 aliphatic heterocycles. The maximum atomic E-state index is 12.0. The number of likely N-dealkylation sites (N-methyl/N-ethyl adjacent to an activating group) is 2. The minimum Gasteiger partial charge on any atom is -0.484 e. The molecule has 1 rings (SSSR count). The Morgan fingerprint density at radius 1 is 1.30 bits per heavy atom. The first-order chi connectivity index (χ1) is 9.33. The number of halogens is 3. The van der Waals surface area contributed by atoms with Crippen LogP contribution < -0.4 is 10.1 Å². The first kappa shape index (κ1) is 16.3. The maximum Gasteiger partial charge on any atom is 0.422 e. The lowest BCUT2D eigenvalue weighted by molar-refractivity contribution is -0.153. The van der Waals surface area contributed by atoms with Crippen molar-refractivity contribution in [2.75, 3.05) is 33.8 Å². The van der Waals surface area contributed by atoms with Crippen molar-refractivity contribution >= 4 is 5.91 Å². The Balaban J connectivity index is 2.59. The molecule has 20 heavy (non-hydrogen) atoms. The SMILES string of the molecule is CNCCN(C)C(=O)c1ccc(OCC(F)(F)F)cc1. The van der Waals surface area contributed by atoms with Crippen LogP contribution in [0.3, 0.4) is 0 Å². The van der Waals surface area contributed by atoms with E-state index in [2.05, 4.69) is 10.1 Å². The van der Waals surface area contributed by atoms with Gasteiger partial charge in [-0.15, -0.1) is 0 Å². The van der Waals surface area contributed by atoms with Crippen molar-refractivity contribution < 1.29 is 22.7 Å². The first-order valence-electron chi connectivity index (χ1n) is 6.03. The third-order valence-corrected chi connectivity index (χ3v) is 2.55. The van der Waals surface area contributed by atoms with E-state index in [4.69, 9.17) is 0 Å². The monoisotopic (exact) mass is 290 g/mol. The molecule has 0 heterocycles. The number of nitrogens with zero attached hydrogens (tertiary/aromatic N) is 1. The molecule has 4 nitrogen and oxygen atoms in total. The Hall–Kier alpha value is -1.76. The largest absolute Gasteiger partial charge is 0.484 e. The Morgan fingerprint density at radius 3 is 2.40 bits per heavy atom. The molecule has 0 unspecified atom stereocenters. The van der Waals surface area contributed by atoms with Crippen LogP contribution in [0.4, 0.5) is 13.2 Å². The van der Waals surface area contributed by atoms with E-state index >= 15 is 0 Å². The summed E-state index contributed by atoms with van der Waals surface area (Å²) in [5.41, 5.74) is 0.406. The van der Waals surface area contributed by atoms with Gasteiger partial charge in [-0.3, -0.25) is 4.79 Å². The highest BCUT2D eigenvalue weighted by atomic mass is 19.4. The van der Waals surface area contributed by atoms with Gasteiger partial charge in [0.15, 0.2) is 6.61 Å². The van der Waals surface area contributed by atoms with E-state index in [1.165, 1.54) is 29.2 Å². The molecular weight excluding hydrogens is 273 g/mol. The minimum absolute atomic E-state index is 0.0803. The van der Waals surface area contributed by atoms with Gasteiger partial charge in [-0.1, -0.05) is 0 Å². The smallest absolute Gasteiger partial charge is 0.422 e. The Bertz CT molecular complexity index is 432. The fraction of sp³-hybridized carbons (Fsp3) is 0.462. The second-order valence-corrected chi connectivity index (χ2v) is 4.26. The maximum absolute atomic E-state index is 12.0. The molecule has 0 aliphatic rings. The molecule has 0 bridgehead atoms. The second kappa shape index (κ2) is 7.14. The predicted molar refractivity (Wildman–Crippen MR) is 68.9 cm³/mol. The minimum atomic E-state index is -4.37. The Labute approximate surface area is 115 Å². The van der Waals surface area contributed by atoms with Crippen LogP contribution in [-0.2, 0) is 0 Å². The van der Waals surface area contributed by atoms with Gasteiger partial charge >= 0.3 is 6.18 Å². The summed E-state index contributed by atoms with van der Waals surface area (Å²) in [5, 5.41) is 2.92. The van der Waals surface area contributed by atoms with Crippen molar-refractivity contribution in [3.05, 3.63) is 29.8 Å². The molecule has 1 aromatic carbocycles. The summed E-state index contributed by atoms with van der Waals surface area (Å²) in [5.74, 6) is -0.112. The van der Waals surface area contributed by atoms with Crippen LogP contribution in [-0.4, -0.2) is 50.8 Å². The summed E-state index contributed by atoms with van der Waals surface area (Å²) in [6.45, 7) is -0.140. The van der Waals surface area contributed by atoms with Gasteiger partial charge in [-0.2, -0.15) is 13.2 Å². The van der Waals surface area contributed by atoms with Gasteiger partial charge in [-0.05, 0) is 31.3 Å². The first-order valence-corrected chi connectivity index (χ1v) is 6.03. The molecule has 0 fully saturated rings. The fourth-order valence-electron chi connectivity index (χ4n) is 1.46. The molecule has 112 valence electrons. The van der Waals surface area contributed by atoms with Gasteiger partial charge in [0.1, 0.15) is 5.75 Å². The van der Waals surface area contributed by atoms with Crippen LogP contribution in [0.1, 0.15) is 10.4 Å². The number of hydrogen-bond acceptors (Lipinski definition) is 3. The summed E-state index contributed by atoms with van der Waals surface area (Å²) >= 11 is 0. The molecule has 0 saturated heterocycles. The molecule has 1 aromatic rings. The zero-order valence-electron chi connectivity index (χ0n) is 11.3. The predicted octanol–water partition coefficient (Wildman–Crippen LogP) is 1.92. The number of nitrogens with one attached hydrogen (secondary N) is 1. The van der Waals surface area contributed by atoms with E-state index < -0.39 is 12.8 Å². The highest BCUT2D eigenvalue weighted by Gasteiger charge is 2.28. The van der Waals surface area contributed by atoms with Gasteiger partial charge in [0.2, 0.25) is 0 Å². The van der Waals surface area contributed by atoms with Crippen molar-refractivity contribution in [1.82, 2.24) is 10.2 Å². The number of alkyl halides is 3. The summed E-state index contributed by atoms with van der Waals surface area (Å²) in [7, 11) is 3.44. The average Bonchev–Trinajstić information content (AvgIpc) is 2.41. The fourth-order valence-corrected chi connectivity index (χ4v) is 1.46. The molecule has 0 spiro atoms. The molecule has 0 saturated carbocycles. The molecule has 1 amide bonds. The molecule has 0 aliphatic carbocycles.